The molecule has 0 radical (unpaired) electrons. The molecule has 0 amide bonds. The number of hydrogen-bond acceptors (Lipinski definition) is 6. The fraction of sp³-hybridized carbons (Fsp3) is 0.455. The number of anilines is 1. The summed E-state index contributed by atoms with van der Waals surface area (Å²) in [7, 11) is 0. The van der Waals surface area contributed by atoms with Crippen molar-refractivity contribution in [1.29, 1.82) is 0 Å². The number of rotatable bonds is 2. The zero-order chi connectivity index (χ0) is 15.0. The van der Waals surface area contributed by atoms with Crippen molar-refractivity contribution in [2.45, 2.75) is 25.8 Å². The molecule has 0 bridgehead atoms. The molecule has 0 saturated carbocycles. The van der Waals surface area contributed by atoms with Crippen LogP contribution < -0.4 is 5.73 Å². The van der Waals surface area contributed by atoms with Crippen LogP contribution in [-0.4, -0.2) is 36.2 Å². The van der Waals surface area contributed by atoms with Crippen LogP contribution in [0.5, 0.6) is 0 Å². The molecule has 2 aromatic heterocycles. The molecule has 1 aliphatic rings. The third-order valence-electron chi connectivity index (χ3n) is 3.20. The second-order valence-corrected chi connectivity index (χ2v) is 4.73. The van der Waals surface area contributed by atoms with Crippen LogP contribution in [0.4, 0.5) is 19.0 Å². The number of nitrogens with zero attached hydrogens (tertiary/aromatic N) is 6. The summed E-state index contributed by atoms with van der Waals surface area (Å²) in [5.41, 5.74) is 6.15. The minimum Gasteiger partial charge on any atom is -0.382 e. The third kappa shape index (κ3) is 2.79. The maximum Gasteiger partial charge on any atom is 0.451 e. The molecule has 2 N–H and O–H groups in total. The van der Waals surface area contributed by atoms with Crippen LogP contribution in [0.3, 0.4) is 0 Å². The molecular weight excluding hydrogens is 287 g/mol. The first-order valence-electron chi connectivity index (χ1n) is 6.21. The molecule has 7 nitrogen and oxygen atoms in total. The van der Waals surface area contributed by atoms with Gasteiger partial charge in [-0.15, -0.1) is 10.2 Å². The van der Waals surface area contributed by atoms with Crippen molar-refractivity contribution in [3.63, 3.8) is 0 Å². The highest BCUT2D eigenvalue weighted by Gasteiger charge is 2.39. The highest BCUT2D eigenvalue weighted by Crippen LogP contribution is 2.29. The first-order chi connectivity index (χ1) is 9.93. The van der Waals surface area contributed by atoms with Crippen LogP contribution >= 0.6 is 0 Å². The van der Waals surface area contributed by atoms with Gasteiger partial charge in [-0.05, 0) is 0 Å². The minimum absolute atomic E-state index is 0.194. The van der Waals surface area contributed by atoms with Gasteiger partial charge in [-0.1, -0.05) is 0 Å². The lowest BCUT2D eigenvalue weighted by Gasteiger charge is -2.27. The number of alkyl halides is 3. The van der Waals surface area contributed by atoms with Crippen molar-refractivity contribution in [3.05, 3.63) is 29.7 Å². The highest BCUT2D eigenvalue weighted by molar-refractivity contribution is 5.22. The van der Waals surface area contributed by atoms with Crippen LogP contribution in [0.15, 0.2) is 12.4 Å². The number of hydrogen-bond donors (Lipinski definition) is 1. The first-order valence-corrected chi connectivity index (χ1v) is 6.21. The quantitative estimate of drug-likeness (QED) is 0.878. The third-order valence-corrected chi connectivity index (χ3v) is 3.20. The monoisotopic (exact) mass is 299 g/mol. The normalized spacial score (nSPS) is 16.0. The molecule has 112 valence electrons. The predicted octanol–water partition coefficient (Wildman–Crippen LogP) is 0.685. The maximum atomic E-state index is 12.7. The Morgan fingerprint density at radius 2 is 1.95 bits per heavy atom. The van der Waals surface area contributed by atoms with Gasteiger partial charge in [-0.2, -0.15) is 13.2 Å². The lowest BCUT2D eigenvalue weighted by Crippen LogP contribution is -2.35. The van der Waals surface area contributed by atoms with E-state index in [0.717, 1.165) is 4.57 Å². The van der Waals surface area contributed by atoms with E-state index in [2.05, 4.69) is 20.2 Å². The summed E-state index contributed by atoms with van der Waals surface area (Å²) in [4.78, 5) is 9.99. The van der Waals surface area contributed by atoms with Gasteiger partial charge in [0.1, 0.15) is 11.6 Å². The minimum atomic E-state index is -4.48. The van der Waals surface area contributed by atoms with Gasteiger partial charge in [0, 0.05) is 19.6 Å². The highest BCUT2D eigenvalue weighted by atomic mass is 19.4. The number of fused-ring (bicyclic) bond motifs is 1. The number of nitrogen functional groups attached to an aromatic ring is 1. The zero-order valence-electron chi connectivity index (χ0n) is 10.9. The summed E-state index contributed by atoms with van der Waals surface area (Å²) in [5, 5.41) is 6.86. The van der Waals surface area contributed by atoms with Gasteiger partial charge in [-0.25, -0.2) is 4.98 Å². The summed E-state index contributed by atoms with van der Waals surface area (Å²) in [6.07, 6.45) is -1.48. The van der Waals surface area contributed by atoms with Crippen LogP contribution in [-0.2, 0) is 25.8 Å². The van der Waals surface area contributed by atoms with Crippen LogP contribution in [0, 0.1) is 0 Å². The molecule has 0 fully saturated rings. The van der Waals surface area contributed by atoms with Gasteiger partial charge < -0.3 is 10.3 Å². The lowest BCUT2D eigenvalue weighted by molar-refractivity contribution is -0.148. The molecule has 0 aliphatic carbocycles. The standard InChI is InChI=1S/C11H12F3N7/c12-11(13,14)10-19-18-9-6-20(1-2-21(9)10)5-7-3-17-8(15)4-16-7/h3-4H,1-2,5-6H2,(H2,15,17). The van der Waals surface area contributed by atoms with Crippen molar-refractivity contribution >= 4 is 5.82 Å². The van der Waals surface area contributed by atoms with Gasteiger partial charge in [0.15, 0.2) is 0 Å². The Morgan fingerprint density at radius 1 is 1.14 bits per heavy atom. The van der Waals surface area contributed by atoms with E-state index in [1.165, 1.54) is 6.20 Å². The molecule has 0 atom stereocenters. The topological polar surface area (TPSA) is 85.8 Å². The van der Waals surface area contributed by atoms with E-state index >= 15 is 0 Å². The summed E-state index contributed by atoms with van der Waals surface area (Å²) >= 11 is 0. The van der Waals surface area contributed by atoms with E-state index in [-0.39, 0.29) is 13.1 Å². The van der Waals surface area contributed by atoms with E-state index < -0.39 is 12.0 Å². The molecule has 1 aliphatic heterocycles. The molecule has 21 heavy (non-hydrogen) atoms. The Kier molecular flexibility index (Phi) is 3.24. The lowest BCUT2D eigenvalue weighted by atomic mass is 10.3. The molecule has 2 aromatic rings. The van der Waals surface area contributed by atoms with Gasteiger partial charge in [0.2, 0.25) is 5.82 Å². The maximum absolute atomic E-state index is 12.7. The molecule has 0 saturated heterocycles. The molecule has 0 unspecified atom stereocenters. The fourth-order valence-electron chi connectivity index (χ4n) is 2.23. The Morgan fingerprint density at radius 3 is 2.62 bits per heavy atom. The van der Waals surface area contributed by atoms with Crippen molar-refractivity contribution in [2.75, 3.05) is 12.3 Å². The Balaban J connectivity index is 1.73. The van der Waals surface area contributed by atoms with E-state index in [0.29, 0.717) is 30.4 Å². The summed E-state index contributed by atoms with van der Waals surface area (Å²) in [5.74, 6) is -0.312. The van der Waals surface area contributed by atoms with E-state index in [4.69, 9.17) is 5.73 Å². The van der Waals surface area contributed by atoms with E-state index in [1.54, 1.807) is 6.20 Å². The number of aromatic nitrogens is 5. The van der Waals surface area contributed by atoms with Crippen LogP contribution in [0.25, 0.3) is 0 Å². The summed E-state index contributed by atoms with van der Waals surface area (Å²) in [6, 6.07) is 0. The molecule has 3 rings (SSSR count). The summed E-state index contributed by atoms with van der Waals surface area (Å²) < 4.78 is 39.3. The first kappa shape index (κ1) is 13.7. The molecular formula is C11H12F3N7. The zero-order valence-corrected chi connectivity index (χ0v) is 10.9. The number of halogens is 3. The molecule has 0 spiro atoms. The predicted molar refractivity (Wildman–Crippen MR) is 65.6 cm³/mol. The second-order valence-electron chi connectivity index (χ2n) is 4.73. The van der Waals surface area contributed by atoms with Crippen molar-refractivity contribution in [3.8, 4) is 0 Å². The van der Waals surface area contributed by atoms with E-state index in [9.17, 15) is 13.2 Å². The fourth-order valence-corrected chi connectivity index (χ4v) is 2.23. The molecule has 10 heteroatoms. The average Bonchev–Trinajstić information content (AvgIpc) is 2.84. The molecule has 3 heterocycles. The largest absolute Gasteiger partial charge is 0.451 e. The SMILES string of the molecule is Nc1cnc(CN2CCn3c(nnc3C(F)(F)F)C2)cn1. The average molecular weight is 299 g/mol. The number of nitrogens with two attached hydrogens (primary N) is 1. The van der Waals surface area contributed by atoms with Gasteiger partial charge in [0.25, 0.3) is 0 Å². The van der Waals surface area contributed by atoms with Crippen molar-refractivity contribution in [1.82, 2.24) is 29.6 Å². The van der Waals surface area contributed by atoms with Crippen LogP contribution in [0.2, 0.25) is 0 Å². The van der Waals surface area contributed by atoms with Crippen molar-refractivity contribution < 1.29 is 13.2 Å². The van der Waals surface area contributed by atoms with Gasteiger partial charge in [0.05, 0.1) is 24.6 Å². The Hall–Kier alpha value is -2.23. The second kappa shape index (κ2) is 4.95. The smallest absolute Gasteiger partial charge is 0.382 e. The van der Waals surface area contributed by atoms with Gasteiger partial charge in [-0.3, -0.25) is 9.88 Å². The molecule has 0 aromatic carbocycles. The summed E-state index contributed by atoms with van der Waals surface area (Å²) in [6.45, 7) is 1.41. The Labute approximate surface area is 117 Å². The van der Waals surface area contributed by atoms with Gasteiger partial charge >= 0.3 is 6.18 Å². The van der Waals surface area contributed by atoms with Crippen molar-refractivity contribution in [2.24, 2.45) is 0 Å². The Bertz CT molecular complexity index is 634. The van der Waals surface area contributed by atoms with Crippen LogP contribution in [0.1, 0.15) is 17.3 Å². The van der Waals surface area contributed by atoms with E-state index in [1.807, 2.05) is 4.90 Å².